The van der Waals surface area contributed by atoms with Crippen LogP contribution in [0, 0.1) is 18.3 Å². The fourth-order valence-electron chi connectivity index (χ4n) is 1.43. The lowest BCUT2D eigenvalue weighted by molar-refractivity contribution is 1.45. The first-order chi connectivity index (χ1) is 7.79. The molecule has 2 aromatic rings. The number of nitrogens with zero attached hydrogens (tertiary/aromatic N) is 1. The Labute approximate surface area is 99.3 Å². The second-order valence-corrected chi connectivity index (χ2v) is 4.53. The summed E-state index contributed by atoms with van der Waals surface area (Å²) in [4.78, 5) is 1.11. The van der Waals surface area contributed by atoms with Crippen LogP contribution in [0.4, 0.5) is 0 Å². The Morgan fingerprint density at radius 3 is 2.56 bits per heavy atom. The molecule has 0 unspecified atom stereocenters. The highest BCUT2D eigenvalue weighted by molar-refractivity contribution is 7.10. The van der Waals surface area contributed by atoms with Gasteiger partial charge in [-0.05, 0) is 30.0 Å². The number of thiophene rings is 1. The molecule has 2 rings (SSSR count). The van der Waals surface area contributed by atoms with Gasteiger partial charge in [-0.25, -0.2) is 0 Å². The molecular formula is C14H11NS. The summed E-state index contributed by atoms with van der Waals surface area (Å²) in [5.41, 5.74) is 2.89. The summed E-state index contributed by atoms with van der Waals surface area (Å²) < 4.78 is 0. The molecule has 1 nitrogen and oxygen atoms in total. The van der Waals surface area contributed by atoms with Crippen molar-refractivity contribution in [2.24, 2.45) is 0 Å². The summed E-state index contributed by atoms with van der Waals surface area (Å²) in [7, 11) is 0. The Morgan fingerprint density at radius 1 is 1.25 bits per heavy atom. The molecule has 0 amide bonds. The average Bonchev–Trinajstić information content (AvgIpc) is 2.80. The monoisotopic (exact) mass is 225 g/mol. The topological polar surface area (TPSA) is 23.8 Å². The zero-order valence-corrected chi connectivity index (χ0v) is 9.79. The molecule has 0 spiro atoms. The SMILES string of the molecule is Cc1ccc(/C(C#N)=C/c2cccs2)cc1. The Balaban J connectivity index is 2.37. The van der Waals surface area contributed by atoms with Crippen molar-refractivity contribution in [3.63, 3.8) is 0 Å². The molecule has 0 N–H and O–H groups in total. The van der Waals surface area contributed by atoms with E-state index in [0.29, 0.717) is 5.57 Å². The maximum atomic E-state index is 9.13. The Kier molecular flexibility index (Phi) is 3.19. The molecule has 16 heavy (non-hydrogen) atoms. The Morgan fingerprint density at radius 2 is 2.00 bits per heavy atom. The van der Waals surface area contributed by atoms with Gasteiger partial charge in [0.15, 0.2) is 0 Å². The number of rotatable bonds is 2. The number of aryl methyl sites for hydroxylation is 1. The fourth-order valence-corrected chi connectivity index (χ4v) is 2.09. The molecule has 1 heterocycles. The van der Waals surface area contributed by atoms with E-state index in [1.807, 2.05) is 54.8 Å². The average molecular weight is 225 g/mol. The van der Waals surface area contributed by atoms with Gasteiger partial charge >= 0.3 is 0 Å². The second-order valence-electron chi connectivity index (χ2n) is 3.55. The van der Waals surface area contributed by atoms with E-state index in [9.17, 15) is 0 Å². The van der Waals surface area contributed by atoms with Gasteiger partial charge < -0.3 is 0 Å². The molecular weight excluding hydrogens is 214 g/mol. The molecule has 2 heteroatoms. The Hall–Kier alpha value is -1.85. The highest BCUT2D eigenvalue weighted by Gasteiger charge is 2.00. The second kappa shape index (κ2) is 4.78. The van der Waals surface area contributed by atoms with E-state index in [1.54, 1.807) is 11.3 Å². The molecule has 78 valence electrons. The Bertz CT molecular complexity index is 527. The maximum absolute atomic E-state index is 9.13. The van der Waals surface area contributed by atoms with Crippen molar-refractivity contribution >= 4 is 23.0 Å². The lowest BCUT2D eigenvalue weighted by atomic mass is 10.0. The lowest BCUT2D eigenvalue weighted by Gasteiger charge is -1.99. The molecule has 0 aliphatic rings. The summed E-state index contributed by atoms with van der Waals surface area (Å²) in [5, 5.41) is 11.1. The van der Waals surface area contributed by atoms with Crippen molar-refractivity contribution in [1.82, 2.24) is 0 Å². The molecule has 0 atom stereocenters. The summed E-state index contributed by atoms with van der Waals surface area (Å²) in [6.07, 6.45) is 1.93. The number of benzene rings is 1. The quantitative estimate of drug-likeness (QED) is 0.705. The van der Waals surface area contributed by atoms with Crippen LogP contribution in [0.3, 0.4) is 0 Å². The van der Waals surface area contributed by atoms with Crippen LogP contribution in [0.2, 0.25) is 0 Å². The van der Waals surface area contributed by atoms with Gasteiger partial charge in [-0.3, -0.25) is 0 Å². The number of hydrogen-bond donors (Lipinski definition) is 0. The van der Waals surface area contributed by atoms with Crippen LogP contribution in [-0.2, 0) is 0 Å². The van der Waals surface area contributed by atoms with Gasteiger partial charge in [0.2, 0.25) is 0 Å². The van der Waals surface area contributed by atoms with Gasteiger partial charge in [0, 0.05) is 4.88 Å². The van der Waals surface area contributed by atoms with E-state index in [2.05, 4.69) is 6.07 Å². The molecule has 1 aromatic carbocycles. The minimum Gasteiger partial charge on any atom is -0.192 e. The number of allylic oxidation sites excluding steroid dienone is 1. The van der Waals surface area contributed by atoms with Crippen molar-refractivity contribution in [2.45, 2.75) is 6.92 Å². The zero-order chi connectivity index (χ0) is 11.4. The highest BCUT2D eigenvalue weighted by atomic mass is 32.1. The van der Waals surface area contributed by atoms with Crippen LogP contribution >= 0.6 is 11.3 Å². The lowest BCUT2D eigenvalue weighted by Crippen LogP contribution is -1.81. The highest BCUT2D eigenvalue weighted by Crippen LogP contribution is 2.20. The molecule has 1 aromatic heterocycles. The minimum absolute atomic E-state index is 0.711. The van der Waals surface area contributed by atoms with Gasteiger partial charge in [-0.1, -0.05) is 35.9 Å². The van der Waals surface area contributed by atoms with Gasteiger partial charge in [0.1, 0.15) is 0 Å². The van der Waals surface area contributed by atoms with Crippen LogP contribution in [0.25, 0.3) is 11.6 Å². The summed E-state index contributed by atoms with van der Waals surface area (Å²) >= 11 is 1.64. The van der Waals surface area contributed by atoms with Gasteiger partial charge in [-0.2, -0.15) is 5.26 Å². The van der Waals surface area contributed by atoms with E-state index in [1.165, 1.54) is 5.56 Å². The maximum Gasteiger partial charge on any atom is 0.0998 e. The van der Waals surface area contributed by atoms with E-state index in [4.69, 9.17) is 5.26 Å². The summed E-state index contributed by atoms with van der Waals surface area (Å²) in [6.45, 7) is 2.04. The van der Waals surface area contributed by atoms with Crippen LogP contribution in [0.15, 0.2) is 41.8 Å². The van der Waals surface area contributed by atoms with E-state index in [0.717, 1.165) is 10.4 Å². The van der Waals surface area contributed by atoms with Gasteiger partial charge in [-0.15, -0.1) is 11.3 Å². The largest absolute Gasteiger partial charge is 0.192 e. The van der Waals surface area contributed by atoms with Crippen molar-refractivity contribution in [3.05, 3.63) is 57.8 Å². The normalized spacial score (nSPS) is 11.1. The summed E-state index contributed by atoms with van der Waals surface area (Å²) in [5.74, 6) is 0. The summed E-state index contributed by atoms with van der Waals surface area (Å²) in [6, 6.07) is 14.3. The molecule has 0 fully saturated rings. The first kappa shape index (κ1) is 10.7. The van der Waals surface area contributed by atoms with Crippen molar-refractivity contribution in [3.8, 4) is 6.07 Å². The van der Waals surface area contributed by atoms with Crippen LogP contribution in [0.1, 0.15) is 16.0 Å². The van der Waals surface area contributed by atoms with Gasteiger partial charge in [0.05, 0.1) is 11.6 Å². The number of nitriles is 1. The molecule has 0 saturated carbocycles. The van der Waals surface area contributed by atoms with Crippen LogP contribution in [-0.4, -0.2) is 0 Å². The predicted molar refractivity (Wildman–Crippen MR) is 69.0 cm³/mol. The van der Waals surface area contributed by atoms with E-state index >= 15 is 0 Å². The van der Waals surface area contributed by atoms with E-state index in [-0.39, 0.29) is 0 Å². The molecule has 0 aliphatic heterocycles. The first-order valence-corrected chi connectivity index (χ1v) is 5.90. The third-order valence-corrected chi connectivity index (χ3v) is 3.13. The van der Waals surface area contributed by atoms with Crippen molar-refractivity contribution in [1.29, 1.82) is 5.26 Å². The minimum atomic E-state index is 0.711. The van der Waals surface area contributed by atoms with Gasteiger partial charge in [0.25, 0.3) is 0 Å². The molecule has 0 aliphatic carbocycles. The zero-order valence-electron chi connectivity index (χ0n) is 8.97. The molecule has 0 saturated heterocycles. The predicted octanol–water partition coefficient (Wildman–Crippen LogP) is 4.12. The fraction of sp³-hybridized carbons (Fsp3) is 0.0714. The third kappa shape index (κ3) is 2.39. The van der Waals surface area contributed by atoms with Crippen molar-refractivity contribution < 1.29 is 0 Å². The van der Waals surface area contributed by atoms with Crippen LogP contribution in [0.5, 0.6) is 0 Å². The number of hydrogen-bond acceptors (Lipinski definition) is 2. The molecule has 0 radical (unpaired) electrons. The third-order valence-electron chi connectivity index (χ3n) is 2.31. The van der Waals surface area contributed by atoms with E-state index < -0.39 is 0 Å². The standard InChI is InChI=1S/C14H11NS/c1-11-4-6-12(7-5-11)13(10-15)9-14-3-2-8-16-14/h2-9H,1H3/b13-9+. The van der Waals surface area contributed by atoms with Crippen molar-refractivity contribution in [2.75, 3.05) is 0 Å². The molecule has 0 bridgehead atoms. The smallest absolute Gasteiger partial charge is 0.0998 e. The van der Waals surface area contributed by atoms with Crippen LogP contribution < -0.4 is 0 Å². The first-order valence-electron chi connectivity index (χ1n) is 5.02.